The molecule has 3 N–H and O–H groups in total. The summed E-state index contributed by atoms with van der Waals surface area (Å²) in [5.74, 6) is 0.292. The normalized spacial score (nSPS) is 28.2. The van der Waals surface area contributed by atoms with E-state index in [4.69, 9.17) is 14.3 Å². The summed E-state index contributed by atoms with van der Waals surface area (Å²) in [4.78, 5) is 54.2. The van der Waals surface area contributed by atoms with Crippen LogP contribution in [0, 0.1) is 33.5 Å². The number of carbonyl (C=O) groups excluding carboxylic acids is 4. The lowest BCUT2D eigenvalue weighted by Gasteiger charge is -2.42. The number of allylic oxidation sites excluding steroid dienone is 1. The van der Waals surface area contributed by atoms with Gasteiger partial charge in [0.2, 0.25) is 11.8 Å². The van der Waals surface area contributed by atoms with Crippen molar-refractivity contribution in [3.05, 3.63) is 37.6 Å². The molecule has 5 rings (SSSR count). The zero-order chi connectivity index (χ0) is 45.0. The Hall–Kier alpha value is -3.14. The zero-order valence-corrected chi connectivity index (χ0v) is 39.7. The minimum Gasteiger partial charge on any atom is -0.444 e. The third kappa shape index (κ3) is 10.9. The molecule has 2 spiro atoms. The van der Waals surface area contributed by atoms with Crippen LogP contribution in [0.1, 0.15) is 167 Å². The number of alkyl carbamates (subject to hydrolysis) is 1. The van der Waals surface area contributed by atoms with Crippen LogP contribution in [0.3, 0.4) is 0 Å². The molecule has 5 fully saturated rings. The number of amides is 3. The average molecular weight is 827 g/mol. The van der Waals surface area contributed by atoms with Gasteiger partial charge in [0, 0.05) is 48.2 Å². The smallest absolute Gasteiger partial charge is 0.408 e. The second kappa shape index (κ2) is 21.6. The summed E-state index contributed by atoms with van der Waals surface area (Å²) in [5.41, 5.74) is -0.760. The molecule has 2 heterocycles. The topological polar surface area (TPSA) is 126 Å². The molecule has 338 valence electrons. The molecule has 0 aromatic carbocycles. The Morgan fingerprint density at radius 2 is 1.54 bits per heavy atom. The first-order chi connectivity index (χ1) is 27.8. The number of fused-ring (bicyclic) bond motifs is 1. The Morgan fingerprint density at radius 3 is 2.00 bits per heavy atom. The second-order valence-corrected chi connectivity index (χ2v) is 19.3. The molecule has 2 aliphatic heterocycles. The maximum absolute atomic E-state index is 15.2. The second-order valence-electron chi connectivity index (χ2n) is 19.3. The van der Waals surface area contributed by atoms with Gasteiger partial charge in [0.25, 0.3) is 0 Å². The highest BCUT2D eigenvalue weighted by Gasteiger charge is 2.85. The predicted octanol–water partition coefficient (Wildman–Crippen LogP) is 10.1. The fourth-order valence-corrected chi connectivity index (χ4v) is 10.6. The number of unbranched alkanes of at least 4 members (excludes halogenated alkanes) is 2. The highest BCUT2D eigenvalue weighted by Crippen LogP contribution is 2.88. The molecule has 4 unspecified atom stereocenters. The van der Waals surface area contributed by atoms with E-state index in [0.29, 0.717) is 44.9 Å². The quantitative estimate of drug-likeness (QED) is 0.0853. The number of nitrogens with zero attached hydrogens (tertiary/aromatic N) is 1. The number of hydrogen-bond acceptors (Lipinski definition) is 7. The molecule has 3 amide bonds. The summed E-state index contributed by atoms with van der Waals surface area (Å²) < 4.78 is 11.4. The maximum atomic E-state index is 15.2. The molecule has 0 aromatic heterocycles. The van der Waals surface area contributed by atoms with Crippen LogP contribution in [0.5, 0.6) is 0 Å². The van der Waals surface area contributed by atoms with Crippen LogP contribution >= 0.6 is 0 Å². The van der Waals surface area contributed by atoms with Gasteiger partial charge >= 0.3 is 6.09 Å². The number of likely N-dealkylation sites (tertiary alicyclic amines) is 1. The van der Waals surface area contributed by atoms with Gasteiger partial charge in [0.15, 0.2) is 0 Å². The van der Waals surface area contributed by atoms with Crippen LogP contribution in [0.15, 0.2) is 37.6 Å². The number of carbonyl (C=O) groups is 4. The summed E-state index contributed by atoms with van der Waals surface area (Å²) in [6, 6.07) is -1.25. The van der Waals surface area contributed by atoms with Gasteiger partial charge < -0.3 is 35.1 Å². The summed E-state index contributed by atoms with van der Waals surface area (Å²) in [7, 11) is 0. The van der Waals surface area contributed by atoms with Crippen molar-refractivity contribution in [1.82, 2.24) is 20.9 Å². The standard InChI is InChI=1S/C43H72N4O5.C2H4O.C2H6.C2H4/c1-12-15-16-19-29(4)30(5)44-33(18-13-2)43(26-31(43)14-3)46-35(48)32-27-42(39(9,10)41(42)20-17-21-41)28-47(32)36(49)34(40(11)22-24-51-25-23-40)45-37(50)52-38(6,7)8;1-2-3;2*1-2/h14,18,29-32,34,44H,3,12-13,15-17,19-28H2,1-2,4-11H3,(H,45,50)(H,46,48);2H,1H3;1-2H3;1-2H2/b33-18+;;;/t29?,30?,31-,32?,34-,42?,43-;;;/m1.../s1. The van der Waals surface area contributed by atoms with Crippen LogP contribution in [0.4, 0.5) is 4.79 Å². The van der Waals surface area contributed by atoms with Gasteiger partial charge in [-0.2, -0.15) is 0 Å². The first-order valence-corrected chi connectivity index (χ1v) is 23.0. The van der Waals surface area contributed by atoms with Gasteiger partial charge in [-0.1, -0.05) is 93.2 Å². The highest BCUT2D eigenvalue weighted by atomic mass is 16.6. The molecule has 0 radical (unpaired) electrons. The monoisotopic (exact) mass is 827 g/mol. The molecule has 7 atom stereocenters. The molecule has 59 heavy (non-hydrogen) atoms. The number of ether oxygens (including phenoxy) is 2. The fourth-order valence-electron chi connectivity index (χ4n) is 10.6. The Kier molecular flexibility index (Phi) is 19.0. The summed E-state index contributed by atoms with van der Waals surface area (Å²) in [5, 5.41) is 10.5. The molecule has 2 saturated heterocycles. The molecular weight excluding hydrogens is 741 g/mol. The first-order valence-electron chi connectivity index (χ1n) is 23.0. The molecule has 10 heteroatoms. The largest absolute Gasteiger partial charge is 0.444 e. The zero-order valence-electron chi connectivity index (χ0n) is 39.7. The van der Waals surface area contributed by atoms with E-state index in [1.807, 2.05) is 45.6 Å². The molecule has 10 nitrogen and oxygen atoms in total. The van der Waals surface area contributed by atoms with E-state index in [1.54, 1.807) is 0 Å². The van der Waals surface area contributed by atoms with Crippen molar-refractivity contribution in [3.63, 3.8) is 0 Å². The van der Waals surface area contributed by atoms with Gasteiger partial charge in [-0.25, -0.2) is 4.79 Å². The van der Waals surface area contributed by atoms with Crippen molar-refractivity contribution >= 4 is 24.2 Å². The van der Waals surface area contributed by atoms with Crippen molar-refractivity contribution in [1.29, 1.82) is 0 Å². The van der Waals surface area contributed by atoms with Gasteiger partial charge in [-0.15, -0.1) is 19.7 Å². The van der Waals surface area contributed by atoms with Crippen molar-refractivity contribution in [3.8, 4) is 0 Å². The minimum atomic E-state index is -0.848. The molecular formula is C49H86N4O6. The molecule has 0 bridgehead atoms. The van der Waals surface area contributed by atoms with Crippen LogP contribution < -0.4 is 16.0 Å². The van der Waals surface area contributed by atoms with Crippen LogP contribution in [0.25, 0.3) is 0 Å². The third-order valence-electron chi connectivity index (χ3n) is 14.7. The van der Waals surface area contributed by atoms with E-state index in [9.17, 15) is 9.59 Å². The van der Waals surface area contributed by atoms with Gasteiger partial charge in [0.1, 0.15) is 24.0 Å². The average Bonchev–Trinajstić information content (AvgIpc) is 3.89. The van der Waals surface area contributed by atoms with E-state index in [0.717, 1.165) is 44.1 Å². The number of rotatable bonds is 15. The Morgan fingerprint density at radius 1 is 0.949 bits per heavy atom. The van der Waals surface area contributed by atoms with Crippen molar-refractivity contribution in [2.45, 2.75) is 196 Å². The number of hydrogen-bond donors (Lipinski definition) is 3. The maximum Gasteiger partial charge on any atom is 0.408 e. The predicted molar refractivity (Wildman–Crippen MR) is 242 cm³/mol. The van der Waals surface area contributed by atoms with Gasteiger partial charge in [-0.05, 0) is 103 Å². The summed E-state index contributed by atoms with van der Waals surface area (Å²) in [6.07, 6.45) is 16.1. The molecule has 3 aliphatic carbocycles. The van der Waals surface area contributed by atoms with E-state index in [2.05, 4.69) is 90.2 Å². The van der Waals surface area contributed by atoms with E-state index in [-0.39, 0.29) is 40.0 Å². The number of aldehydes is 1. The first kappa shape index (κ1) is 52.0. The summed E-state index contributed by atoms with van der Waals surface area (Å²) in [6.45, 7) is 38.3. The van der Waals surface area contributed by atoms with Crippen molar-refractivity contribution in [2.24, 2.45) is 33.5 Å². The third-order valence-corrected chi connectivity index (χ3v) is 14.7. The number of nitrogens with one attached hydrogen (secondary N) is 3. The Labute approximate surface area is 359 Å². The SMILES string of the molecule is C=C.C=C[C@@H]1C[C@]1(NC(=O)C1CC2(CN1C(=O)[C@@H](NC(=O)OC(C)(C)C)C1(C)CCOCC1)C(C)(C)C21CCC1)/C(=C\CC)NC(C)C(C)CCCCC.CC.CC=O. The van der Waals surface area contributed by atoms with Crippen LogP contribution in [-0.2, 0) is 23.9 Å². The van der Waals surface area contributed by atoms with Crippen molar-refractivity contribution < 1.29 is 28.7 Å². The van der Waals surface area contributed by atoms with Gasteiger partial charge in [-0.3, -0.25) is 9.59 Å². The molecule has 0 aromatic rings. The van der Waals surface area contributed by atoms with E-state index in [1.165, 1.54) is 32.6 Å². The molecule has 3 saturated carbocycles. The Bertz CT molecular complexity index is 1440. The van der Waals surface area contributed by atoms with Crippen molar-refractivity contribution in [2.75, 3.05) is 19.8 Å². The lowest BCUT2D eigenvalue weighted by Crippen LogP contribution is -2.61. The highest BCUT2D eigenvalue weighted by molar-refractivity contribution is 5.93. The lowest BCUT2D eigenvalue weighted by molar-refractivity contribution is -0.144. The Balaban J connectivity index is 0.00000161. The van der Waals surface area contributed by atoms with E-state index < -0.39 is 34.7 Å². The van der Waals surface area contributed by atoms with Crippen LogP contribution in [-0.4, -0.2) is 78.1 Å². The minimum absolute atomic E-state index is 0.0155. The molecule has 5 aliphatic rings. The lowest BCUT2D eigenvalue weighted by atomic mass is 9.73. The van der Waals surface area contributed by atoms with Crippen LogP contribution in [0.2, 0.25) is 0 Å². The fraction of sp³-hybridized carbons (Fsp3) is 0.796. The van der Waals surface area contributed by atoms with Gasteiger partial charge in [0.05, 0.1) is 5.54 Å². The summed E-state index contributed by atoms with van der Waals surface area (Å²) >= 11 is 0. The van der Waals surface area contributed by atoms with E-state index >= 15 is 4.79 Å².